The molecule has 1 aromatic carbocycles. The summed E-state index contributed by atoms with van der Waals surface area (Å²) in [5.74, 6) is -0.819. The number of hydrogen-bond donors (Lipinski definition) is 1. The number of carbonyl (C=O) groups excluding carboxylic acids is 1. The van der Waals surface area contributed by atoms with Crippen LogP contribution in [0.15, 0.2) is 22.7 Å². The number of aliphatic hydroxyl groups is 1. The standard InChI is InChI=1S/C14H17BrFNO2/c1-14(19)5-2-7-17(8-6-14)13(18)11-9-10(15)3-4-12(11)16/h3-4,9,19H,2,5-8H2,1H3. The number of nitrogens with zero attached hydrogens (tertiary/aromatic N) is 1. The Morgan fingerprint density at radius 1 is 1.42 bits per heavy atom. The summed E-state index contributed by atoms with van der Waals surface area (Å²) in [4.78, 5) is 13.9. The van der Waals surface area contributed by atoms with E-state index < -0.39 is 11.4 Å². The minimum atomic E-state index is -0.731. The maximum atomic E-state index is 13.7. The molecular weight excluding hydrogens is 313 g/mol. The molecule has 0 aliphatic carbocycles. The van der Waals surface area contributed by atoms with Crippen LogP contribution in [0.4, 0.5) is 4.39 Å². The van der Waals surface area contributed by atoms with Crippen molar-refractivity contribution in [2.75, 3.05) is 13.1 Å². The molecule has 1 aliphatic rings. The first kappa shape index (κ1) is 14.5. The van der Waals surface area contributed by atoms with Gasteiger partial charge >= 0.3 is 0 Å². The SMILES string of the molecule is CC1(O)CCCN(C(=O)c2cc(Br)ccc2F)CC1. The van der Waals surface area contributed by atoms with Gasteiger partial charge in [0.2, 0.25) is 0 Å². The summed E-state index contributed by atoms with van der Waals surface area (Å²) < 4.78 is 14.4. The van der Waals surface area contributed by atoms with Gasteiger partial charge in [0.1, 0.15) is 5.82 Å². The zero-order valence-electron chi connectivity index (χ0n) is 10.8. The molecule has 2 rings (SSSR count). The molecule has 3 nitrogen and oxygen atoms in total. The minimum absolute atomic E-state index is 0.0796. The van der Waals surface area contributed by atoms with Crippen molar-refractivity contribution >= 4 is 21.8 Å². The monoisotopic (exact) mass is 329 g/mol. The number of benzene rings is 1. The van der Waals surface area contributed by atoms with Crippen LogP contribution in [0.25, 0.3) is 0 Å². The number of hydrogen-bond acceptors (Lipinski definition) is 2. The predicted molar refractivity (Wildman–Crippen MR) is 74.5 cm³/mol. The lowest BCUT2D eigenvalue weighted by Gasteiger charge is -2.22. The Morgan fingerprint density at radius 3 is 2.89 bits per heavy atom. The fraction of sp³-hybridized carbons (Fsp3) is 0.500. The van der Waals surface area contributed by atoms with Crippen molar-refractivity contribution in [2.24, 2.45) is 0 Å². The third-order valence-corrected chi connectivity index (χ3v) is 4.00. The second kappa shape index (κ2) is 5.59. The van der Waals surface area contributed by atoms with Gasteiger partial charge in [0.15, 0.2) is 0 Å². The van der Waals surface area contributed by atoms with E-state index in [2.05, 4.69) is 15.9 Å². The van der Waals surface area contributed by atoms with Gasteiger partial charge in [-0.05, 0) is 44.4 Å². The molecule has 19 heavy (non-hydrogen) atoms. The van der Waals surface area contributed by atoms with Crippen molar-refractivity contribution in [3.05, 3.63) is 34.1 Å². The van der Waals surface area contributed by atoms with Crippen molar-refractivity contribution in [3.63, 3.8) is 0 Å². The smallest absolute Gasteiger partial charge is 0.256 e. The molecule has 104 valence electrons. The Balaban J connectivity index is 2.17. The van der Waals surface area contributed by atoms with Gasteiger partial charge in [0, 0.05) is 17.6 Å². The summed E-state index contributed by atoms with van der Waals surface area (Å²) in [5, 5.41) is 10.0. The normalized spacial score (nSPS) is 24.1. The highest BCUT2D eigenvalue weighted by atomic mass is 79.9. The number of rotatable bonds is 1. The topological polar surface area (TPSA) is 40.5 Å². The highest BCUT2D eigenvalue weighted by Gasteiger charge is 2.28. The molecule has 1 N–H and O–H groups in total. The van der Waals surface area contributed by atoms with Crippen molar-refractivity contribution in [1.29, 1.82) is 0 Å². The summed E-state index contributed by atoms with van der Waals surface area (Å²) in [6, 6.07) is 4.35. The van der Waals surface area contributed by atoms with Crippen LogP contribution in [0.1, 0.15) is 36.5 Å². The number of halogens is 2. The molecule has 0 spiro atoms. The minimum Gasteiger partial charge on any atom is -0.390 e. The van der Waals surface area contributed by atoms with Crippen LogP contribution in [-0.2, 0) is 0 Å². The van der Waals surface area contributed by atoms with E-state index in [1.54, 1.807) is 17.9 Å². The fourth-order valence-corrected chi connectivity index (χ4v) is 2.66. The molecule has 5 heteroatoms. The lowest BCUT2D eigenvalue weighted by atomic mass is 9.98. The Hall–Kier alpha value is -0.940. The van der Waals surface area contributed by atoms with E-state index in [4.69, 9.17) is 0 Å². The molecule has 0 bridgehead atoms. The van der Waals surface area contributed by atoms with Crippen molar-refractivity contribution < 1.29 is 14.3 Å². The summed E-state index contributed by atoms with van der Waals surface area (Å²) in [5.41, 5.74) is -0.652. The molecule has 1 amide bonds. The van der Waals surface area contributed by atoms with E-state index in [0.717, 1.165) is 6.42 Å². The van der Waals surface area contributed by atoms with Crippen LogP contribution in [0, 0.1) is 5.82 Å². The van der Waals surface area contributed by atoms with Crippen LogP contribution < -0.4 is 0 Å². The van der Waals surface area contributed by atoms with E-state index in [-0.39, 0.29) is 11.5 Å². The summed E-state index contributed by atoms with van der Waals surface area (Å²) in [7, 11) is 0. The Morgan fingerprint density at radius 2 is 2.16 bits per heavy atom. The van der Waals surface area contributed by atoms with E-state index >= 15 is 0 Å². The molecule has 0 saturated carbocycles. The van der Waals surface area contributed by atoms with Gasteiger partial charge in [-0.3, -0.25) is 4.79 Å². The highest BCUT2D eigenvalue weighted by molar-refractivity contribution is 9.10. The van der Waals surface area contributed by atoms with E-state index in [1.165, 1.54) is 12.1 Å². The van der Waals surface area contributed by atoms with Gasteiger partial charge < -0.3 is 10.0 Å². The van der Waals surface area contributed by atoms with E-state index in [9.17, 15) is 14.3 Å². The number of carbonyl (C=O) groups is 1. The average Bonchev–Trinajstić information content (AvgIpc) is 2.52. The third-order valence-electron chi connectivity index (χ3n) is 3.51. The Bertz CT molecular complexity index is 490. The van der Waals surface area contributed by atoms with Gasteiger partial charge in [-0.1, -0.05) is 15.9 Å². The van der Waals surface area contributed by atoms with E-state index in [0.29, 0.717) is 30.4 Å². The lowest BCUT2D eigenvalue weighted by Crippen LogP contribution is -2.34. The summed E-state index contributed by atoms with van der Waals surface area (Å²) in [6.07, 6.45) is 1.92. The highest BCUT2D eigenvalue weighted by Crippen LogP contribution is 2.24. The lowest BCUT2D eigenvalue weighted by molar-refractivity contribution is 0.0437. The predicted octanol–water partition coefficient (Wildman–Crippen LogP) is 2.97. The molecule has 1 fully saturated rings. The molecule has 1 heterocycles. The first-order chi connectivity index (χ1) is 8.89. The zero-order chi connectivity index (χ0) is 14.0. The first-order valence-electron chi connectivity index (χ1n) is 6.36. The number of likely N-dealkylation sites (tertiary alicyclic amines) is 1. The molecule has 1 aromatic rings. The van der Waals surface area contributed by atoms with Gasteiger partial charge in [-0.2, -0.15) is 0 Å². The summed E-state index contributed by atoms with van der Waals surface area (Å²) in [6.45, 7) is 2.79. The molecule has 1 unspecified atom stereocenters. The second-order valence-corrected chi connectivity index (χ2v) is 6.18. The van der Waals surface area contributed by atoms with Crippen molar-refractivity contribution in [1.82, 2.24) is 4.90 Å². The number of amides is 1. The fourth-order valence-electron chi connectivity index (χ4n) is 2.30. The summed E-state index contributed by atoms with van der Waals surface area (Å²) >= 11 is 3.24. The third kappa shape index (κ3) is 3.54. The average molecular weight is 330 g/mol. The zero-order valence-corrected chi connectivity index (χ0v) is 12.4. The van der Waals surface area contributed by atoms with Crippen molar-refractivity contribution in [2.45, 2.75) is 31.8 Å². The van der Waals surface area contributed by atoms with Gasteiger partial charge in [-0.25, -0.2) is 4.39 Å². The van der Waals surface area contributed by atoms with Crippen LogP contribution in [0.3, 0.4) is 0 Å². The maximum Gasteiger partial charge on any atom is 0.256 e. The van der Waals surface area contributed by atoms with Gasteiger partial charge in [0.05, 0.1) is 11.2 Å². The molecule has 0 radical (unpaired) electrons. The molecule has 1 saturated heterocycles. The largest absolute Gasteiger partial charge is 0.390 e. The van der Waals surface area contributed by atoms with Crippen LogP contribution in [0.5, 0.6) is 0 Å². The quantitative estimate of drug-likeness (QED) is 0.860. The molecule has 1 atom stereocenters. The molecule has 0 aromatic heterocycles. The maximum absolute atomic E-state index is 13.7. The van der Waals surface area contributed by atoms with Crippen LogP contribution in [-0.4, -0.2) is 34.6 Å². The van der Waals surface area contributed by atoms with Crippen LogP contribution in [0.2, 0.25) is 0 Å². The van der Waals surface area contributed by atoms with E-state index in [1.807, 2.05) is 0 Å². The van der Waals surface area contributed by atoms with Gasteiger partial charge in [-0.15, -0.1) is 0 Å². The first-order valence-corrected chi connectivity index (χ1v) is 7.15. The Kier molecular flexibility index (Phi) is 4.26. The van der Waals surface area contributed by atoms with Crippen molar-refractivity contribution in [3.8, 4) is 0 Å². The molecule has 1 aliphatic heterocycles. The van der Waals surface area contributed by atoms with Crippen LogP contribution >= 0.6 is 15.9 Å². The van der Waals surface area contributed by atoms with Gasteiger partial charge in [0.25, 0.3) is 5.91 Å². The Labute approximate surface area is 120 Å². The molecular formula is C14H17BrFNO2. The second-order valence-electron chi connectivity index (χ2n) is 5.27.